The summed E-state index contributed by atoms with van der Waals surface area (Å²) in [6.07, 6.45) is 16.6. The Morgan fingerprint density at radius 3 is 1.25 bits per heavy atom. The van der Waals surface area contributed by atoms with Crippen molar-refractivity contribution in [3.05, 3.63) is 287 Å². The van der Waals surface area contributed by atoms with Crippen molar-refractivity contribution in [2.75, 3.05) is 7.11 Å². The number of carboxylic acids is 2. The lowest BCUT2D eigenvalue weighted by Gasteiger charge is -2.14. The van der Waals surface area contributed by atoms with Gasteiger partial charge in [0.25, 0.3) is 0 Å². The molecule has 0 aliphatic rings. The van der Waals surface area contributed by atoms with Crippen LogP contribution >= 0.6 is 23.2 Å². The number of carbonyl (C=O) groups is 3. The maximum absolute atomic E-state index is 12.6. The molecule has 8 aromatic carbocycles. The van der Waals surface area contributed by atoms with Gasteiger partial charge in [-0.25, -0.2) is 9.59 Å². The Labute approximate surface area is 690 Å². The normalized spacial score (nSPS) is 11.5. The summed E-state index contributed by atoms with van der Waals surface area (Å²) in [4.78, 5) is 70.2. The number of H-pyrrole nitrogens is 10. The highest BCUT2D eigenvalue weighted by Crippen LogP contribution is 2.49. The number of aromatic nitrogens is 11. The summed E-state index contributed by atoms with van der Waals surface area (Å²) in [6.45, 7) is 21.0. The molecule has 18 nitrogen and oxygen atoms in total. The highest BCUT2D eigenvalue weighted by atomic mass is 35.5. The lowest BCUT2D eigenvalue weighted by atomic mass is 9.89. The van der Waals surface area contributed by atoms with E-state index in [-0.39, 0.29) is 28.8 Å². The molecule has 11 aromatic heterocycles. The first kappa shape index (κ1) is 78.1. The number of methoxy groups -OCH3 is 1. The van der Waals surface area contributed by atoms with Crippen molar-refractivity contribution < 1.29 is 34.4 Å². The molecule has 0 saturated carbocycles. The van der Waals surface area contributed by atoms with Crippen LogP contribution in [0.5, 0.6) is 5.75 Å². The second-order valence-electron chi connectivity index (χ2n) is 29.6. The second kappa shape index (κ2) is 32.5. The van der Waals surface area contributed by atoms with E-state index in [0.29, 0.717) is 39.2 Å². The molecule has 0 aliphatic carbocycles. The van der Waals surface area contributed by atoms with Crippen molar-refractivity contribution in [2.45, 2.75) is 93.5 Å². The zero-order valence-corrected chi connectivity index (χ0v) is 68.3. The van der Waals surface area contributed by atoms with Crippen LogP contribution < -0.4 is 4.74 Å². The maximum atomic E-state index is 12.6. The van der Waals surface area contributed by atoms with Crippen molar-refractivity contribution in [3.8, 4) is 95.3 Å². The molecular formula is C98H89Cl2N11O7. The van der Waals surface area contributed by atoms with Crippen LogP contribution in [-0.4, -0.2) is 94.6 Å². The number of carboxylic acid groups (broad SMARTS) is 2. The Kier molecular flexibility index (Phi) is 21.5. The van der Waals surface area contributed by atoms with E-state index < -0.39 is 11.9 Å². The second-order valence-corrected chi connectivity index (χ2v) is 30.4. The largest absolute Gasteiger partial charge is 0.506 e. The number of carbonyl (C=O) groups excluding carboxylic acids is 1. The third-order valence-electron chi connectivity index (χ3n) is 22.8. The number of ether oxygens (including phenoxy) is 1. The average Bonchev–Trinajstić information content (AvgIpc) is 1.42. The number of rotatable bonds is 19. The number of hydrogen-bond acceptors (Lipinski definition) is 5. The number of nitrogens with zero attached hydrogens (tertiary/aromatic N) is 1. The Balaban J connectivity index is 0.000000118. The molecule has 0 bridgehead atoms. The van der Waals surface area contributed by atoms with E-state index in [0.717, 1.165) is 208 Å². The number of ketones is 1. The van der Waals surface area contributed by atoms with Crippen LogP contribution in [0.15, 0.2) is 226 Å². The number of hydrogen-bond donors (Lipinski definition) is 13. The molecule has 592 valence electrons. The van der Waals surface area contributed by atoms with E-state index in [9.17, 15) is 29.7 Å². The molecule has 0 amide bonds. The van der Waals surface area contributed by atoms with Gasteiger partial charge < -0.3 is 74.5 Å². The van der Waals surface area contributed by atoms with E-state index in [4.69, 9.17) is 27.9 Å². The number of aromatic carboxylic acids is 2. The number of benzene rings is 8. The fourth-order valence-electron chi connectivity index (χ4n) is 17.5. The molecule has 0 saturated heterocycles. The molecule has 0 radical (unpaired) electrons. The van der Waals surface area contributed by atoms with Gasteiger partial charge in [0.2, 0.25) is 0 Å². The predicted octanol–water partition coefficient (Wildman–Crippen LogP) is 26.1. The fourth-order valence-corrected chi connectivity index (χ4v) is 18.1. The molecule has 13 N–H and O–H groups in total. The van der Waals surface area contributed by atoms with Gasteiger partial charge >= 0.3 is 11.9 Å². The Morgan fingerprint density at radius 1 is 0.415 bits per heavy atom. The zero-order chi connectivity index (χ0) is 82.5. The summed E-state index contributed by atoms with van der Waals surface area (Å²) in [5.74, 6) is -1.07. The highest BCUT2D eigenvalue weighted by molar-refractivity contribution is 6.36. The highest BCUT2D eigenvalue weighted by Gasteiger charge is 2.32. The fraction of sp³-hybridized carbons (Fsp3) is 0.153. The Morgan fingerprint density at radius 2 is 0.822 bits per heavy atom. The number of aryl methyl sites for hydroxylation is 2. The minimum atomic E-state index is -1.00. The number of Topliss-reactive ketones (excluding diaryl/α,β-unsaturated/α-hetero) is 1. The molecule has 0 fully saturated rings. The first-order valence-corrected chi connectivity index (χ1v) is 40.4. The summed E-state index contributed by atoms with van der Waals surface area (Å²) >= 11 is 13.4. The van der Waals surface area contributed by atoms with Gasteiger partial charge in [-0.2, -0.15) is 0 Å². The lowest BCUT2D eigenvalue weighted by Crippen LogP contribution is -2.00. The molecule has 0 unspecified atom stereocenters. The van der Waals surface area contributed by atoms with Gasteiger partial charge in [-0.05, 0) is 181 Å². The van der Waals surface area contributed by atoms with Gasteiger partial charge in [-0.15, -0.1) is 0 Å². The summed E-state index contributed by atoms with van der Waals surface area (Å²) in [5, 5.41) is 39.2. The third kappa shape index (κ3) is 13.7. The first-order chi connectivity index (χ1) is 57.3. The van der Waals surface area contributed by atoms with Gasteiger partial charge in [0.15, 0.2) is 5.78 Å². The number of nitrogens with one attached hydrogen (secondary N) is 10. The van der Waals surface area contributed by atoms with Crippen LogP contribution in [0, 0.1) is 0 Å². The lowest BCUT2D eigenvalue weighted by molar-refractivity contribution is 0.0681. The predicted molar refractivity (Wildman–Crippen MR) is 483 cm³/mol. The summed E-state index contributed by atoms with van der Waals surface area (Å²) in [6, 6.07) is 58.6. The van der Waals surface area contributed by atoms with E-state index in [1.807, 2.05) is 147 Å². The van der Waals surface area contributed by atoms with Crippen molar-refractivity contribution in [3.63, 3.8) is 0 Å². The van der Waals surface area contributed by atoms with Crippen LogP contribution in [0.1, 0.15) is 126 Å². The average molecular weight is 1600 g/mol. The monoisotopic (exact) mass is 1600 g/mol. The van der Waals surface area contributed by atoms with Crippen LogP contribution in [0.3, 0.4) is 0 Å². The molecule has 19 rings (SSSR count). The van der Waals surface area contributed by atoms with Crippen LogP contribution in [-0.2, 0) is 32.2 Å². The maximum Gasteiger partial charge on any atom is 0.352 e. The number of aliphatic hydroxyl groups excluding tert-OH is 1. The Hall–Kier alpha value is -13.8. The quantitative estimate of drug-likeness (QED) is 0.0274. The Bertz CT molecular complexity index is 7080. The van der Waals surface area contributed by atoms with E-state index in [2.05, 4.69) is 175 Å². The van der Waals surface area contributed by atoms with Crippen molar-refractivity contribution in [2.24, 2.45) is 0 Å². The summed E-state index contributed by atoms with van der Waals surface area (Å²) in [7, 11) is 1.61. The SMILES string of the molecule is C=C(O)c1[nH]c(-c2cccc3[nH]ccc23)c(CC)c1-c1cccc2[nH]ccc12.CCc1c(-c2cccc3[nH]ccc23)[nH]c(C(=O)O)c1-c1c(Cl)cc(CC)c2[nH]ccc12.CCc1c(-c2cccc3[nH]ccc23)[nH]c(C(=O)O)c1-c1cccc2c1ccn2CC.COc1ccc(-c2c(C(C)=O)[nH]c(-c3cccc4[nH]ccc34)c2C(C)C)c(Cl)c1. The molecular weight excluding hydrogens is 1510 g/mol. The van der Waals surface area contributed by atoms with E-state index in [1.165, 1.54) is 5.56 Å². The van der Waals surface area contributed by atoms with Crippen LogP contribution in [0.4, 0.5) is 0 Å². The van der Waals surface area contributed by atoms with Crippen molar-refractivity contribution >= 4 is 123 Å². The van der Waals surface area contributed by atoms with Crippen LogP contribution in [0.2, 0.25) is 10.0 Å². The molecule has 20 heteroatoms. The summed E-state index contributed by atoms with van der Waals surface area (Å²) < 4.78 is 7.47. The minimum Gasteiger partial charge on any atom is -0.506 e. The molecule has 0 aliphatic heterocycles. The number of aliphatic hydroxyl groups is 1. The van der Waals surface area contributed by atoms with Crippen molar-refractivity contribution in [1.29, 1.82) is 0 Å². The van der Waals surface area contributed by atoms with Crippen molar-refractivity contribution in [1.82, 2.24) is 54.4 Å². The van der Waals surface area contributed by atoms with Gasteiger partial charge in [0.05, 0.1) is 46.3 Å². The summed E-state index contributed by atoms with van der Waals surface area (Å²) in [5.41, 5.74) is 29.1. The number of fused-ring (bicyclic) bond motifs is 7. The van der Waals surface area contributed by atoms with Gasteiger partial charge in [-0.3, -0.25) is 4.79 Å². The van der Waals surface area contributed by atoms with E-state index >= 15 is 0 Å². The molecule has 118 heavy (non-hydrogen) atoms. The zero-order valence-electron chi connectivity index (χ0n) is 66.8. The van der Waals surface area contributed by atoms with E-state index in [1.54, 1.807) is 20.1 Å². The van der Waals surface area contributed by atoms with Gasteiger partial charge in [0.1, 0.15) is 22.9 Å². The standard InChI is InChI=1S/C25H22ClN3O2.C25H23N3O2.C24H23ClN2O2.C24H21N3O/c1-3-13-12-18(26)20(17-9-11-28-22(13)17)21-14(4-2)23(29-24(21)25(30)31)16-6-5-7-19-15(16)8-10-27-19;1-3-15-22(18-7-6-10-21-17(18)12-14-28(21)4-2)24(25(29)30)27-23(15)19-8-5-9-20-16(19)11-13-26-20;1-13(2)21-22(18-9-8-15(29-4)12-19(18)25)23(14(3)28)27-24(21)17-6-5-7-20-16(17)10-11-26-20;1-3-15-22(18-6-4-8-20-16(18)10-12-25-20)23(14(2)28)27-24(15)19-7-5-9-21-17(19)11-13-26-21/h5-12,27-29H,3-4H2,1-2H3,(H,30,31);5-14,26-27H,3-4H2,1-2H3,(H,29,30);5-13,26-27H,1-4H3;4-13,25-28H,2-3H2,1H3. The van der Waals surface area contributed by atoms with Crippen LogP contribution in [0.25, 0.3) is 172 Å². The molecule has 0 atom stereocenters. The third-order valence-corrected chi connectivity index (χ3v) is 23.4. The first-order valence-electron chi connectivity index (χ1n) is 39.7. The minimum absolute atomic E-state index is 0.0266. The molecule has 19 aromatic rings. The van der Waals surface area contributed by atoms with Gasteiger partial charge in [0, 0.05) is 194 Å². The molecule has 11 heterocycles. The smallest absolute Gasteiger partial charge is 0.352 e. The number of aromatic amines is 10. The molecule has 0 spiro atoms. The van der Waals surface area contributed by atoms with Gasteiger partial charge in [-0.1, -0.05) is 144 Å². The number of halogens is 2. The topological polar surface area (TPSA) is 284 Å².